The summed E-state index contributed by atoms with van der Waals surface area (Å²) in [6.07, 6.45) is 0. The molecule has 0 aliphatic carbocycles. The van der Waals surface area contributed by atoms with E-state index in [1.54, 1.807) is 0 Å². The zero-order valence-corrected chi connectivity index (χ0v) is 9.55. The van der Waals surface area contributed by atoms with Crippen molar-refractivity contribution in [1.29, 1.82) is 5.26 Å². The molecule has 15 heavy (non-hydrogen) atoms. The molecule has 2 aromatic rings. The Balaban J connectivity index is 0.000000531. The summed E-state index contributed by atoms with van der Waals surface area (Å²) >= 11 is 0. The summed E-state index contributed by atoms with van der Waals surface area (Å²) in [7, 11) is 0. The van der Waals surface area contributed by atoms with Crippen LogP contribution in [-0.4, -0.2) is 9.97 Å². The maximum absolute atomic E-state index is 8.74. The third kappa shape index (κ3) is 2.16. The first kappa shape index (κ1) is 11.3. The number of rotatable bonds is 0. The van der Waals surface area contributed by atoms with E-state index in [9.17, 15) is 0 Å². The van der Waals surface area contributed by atoms with E-state index >= 15 is 0 Å². The first-order valence-corrected chi connectivity index (χ1v) is 5.08. The molecule has 0 fully saturated rings. The number of aromatic amines is 1. The van der Waals surface area contributed by atoms with Crippen LogP contribution in [0.1, 0.15) is 30.8 Å². The van der Waals surface area contributed by atoms with Gasteiger partial charge in [-0.25, -0.2) is 4.98 Å². The van der Waals surface area contributed by atoms with Crippen LogP contribution in [0, 0.1) is 25.2 Å². The lowest BCUT2D eigenvalue weighted by Gasteiger charge is -1.94. The fourth-order valence-electron chi connectivity index (χ4n) is 1.48. The SMILES string of the molecule is CC.Cc1nc2c(C)cc(C#N)cc2[nH]1. The molecule has 3 heteroatoms. The molecule has 1 aromatic carbocycles. The normalized spacial score (nSPS) is 9.27. The van der Waals surface area contributed by atoms with Crippen LogP contribution in [0.15, 0.2) is 12.1 Å². The van der Waals surface area contributed by atoms with Gasteiger partial charge in [-0.1, -0.05) is 13.8 Å². The number of nitrogens with one attached hydrogen (secondary N) is 1. The molecule has 0 aliphatic rings. The van der Waals surface area contributed by atoms with Crippen molar-refractivity contribution in [1.82, 2.24) is 9.97 Å². The Hall–Kier alpha value is -1.82. The second kappa shape index (κ2) is 4.61. The molecule has 1 aromatic heterocycles. The van der Waals surface area contributed by atoms with Crippen molar-refractivity contribution in [3.8, 4) is 6.07 Å². The highest BCUT2D eigenvalue weighted by atomic mass is 14.9. The molecule has 1 N–H and O–H groups in total. The average molecular weight is 201 g/mol. The standard InChI is InChI=1S/C10H9N3.C2H6/c1-6-3-8(5-11)4-9-10(6)13-7(2)12-9;1-2/h3-4H,1-2H3,(H,12,13);1-2H3. The molecule has 0 saturated carbocycles. The third-order valence-electron chi connectivity index (χ3n) is 2.02. The lowest BCUT2D eigenvalue weighted by atomic mass is 10.1. The average Bonchev–Trinajstić information content (AvgIpc) is 2.62. The molecule has 2 rings (SSSR count). The number of imidazole rings is 1. The van der Waals surface area contributed by atoms with Gasteiger partial charge < -0.3 is 4.98 Å². The number of H-pyrrole nitrogens is 1. The van der Waals surface area contributed by atoms with Gasteiger partial charge in [-0.05, 0) is 31.5 Å². The highest BCUT2D eigenvalue weighted by Gasteiger charge is 2.03. The fraction of sp³-hybridized carbons (Fsp3) is 0.333. The van der Waals surface area contributed by atoms with E-state index in [0.717, 1.165) is 22.4 Å². The van der Waals surface area contributed by atoms with E-state index in [1.807, 2.05) is 39.8 Å². The van der Waals surface area contributed by atoms with Crippen LogP contribution >= 0.6 is 0 Å². The minimum atomic E-state index is 0.675. The quantitative estimate of drug-likeness (QED) is 0.712. The van der Waals surface area contributed by atoms with E-state index in [-0.39, 0.29) is 0 Å². The second-order valence-electron chi connectivity index (χ2n) is 3.12. The molecule has 0 aliphatic heterocycles. The van der Waals surface area contributed by atoms with Crippen molar-refractivity contribution in [2.45, 2.75) is 27.7 Å². The Bertz CT molecular complexity index is 503. The van der Waals surface area contributed by atoms with Crippen LogP contribution in [0.5, 0.6) is 0 Å². The van der Waals surface area contributed by atoms with E-state index in [0.29, 0.717) is 5.56 Å². The van der Waals surface area contributed by atoms with E-state index in [1.165, 1.54) is 0 Å². The van der Waals surface area contributed by atoms with Crippen molar-refractivity contribution in [2.24, 2.45) is 0 Å². The van der Waals surface area contributed by atoms with E-state index < -0.39 is 0 Å². The Morgan fingerprint density at radius 1 is 1.27 bits per heavy atom. The van der Waals surface area contributed by atoms with Gasteiger partial charge in [0.1, 0.15) is 5.82 Å². The number of nitrogens with zero attached hydrogens (tertiary/aromatic N) is 2. The molecular formula is C12H15N3. The van der Waals surface area contributed by atoms with Crippen LogP contribution < -0.4 is 0 Å². The highest BCUT2D eigenvalue weighted by molar-refractivity contribution is 5.80. The summed E-state index contributed by atoms with van der Waals surface area (Å²) < 4.78 is 0. The number of aromatic nitrogens is 2. The molecule has 0 saturated heterocycles. The molecule has 3 nitrogen and oxygen atoms in total. The number of aryl methyl sites for hydroxylation is 2. The topological polar surface area (TPSA) is 52.5 Å². The highest BCUT2D eigenvalue weighted by Crippen LogP contribution is 2.17. The fourth-order valence-corrected chi connectivity index (χ4v) is 1.48. The Kier molecular flexibility index (Phi) is 3.46. The summed E-state index contributed by atoms with van der Waals surface area (Å²) in [5.74, 6) is 0.883. The van der Waals surface area contributed by atoms with Gasteiger partial charge in [-0.2, -0.15) is 5.26 Å². The lowest BCUT2D eigenvalue weighted by Crippen LogP contribution is -1.80. The summed E-state index contributed by atoms with van der Waals surface area (Å²) in [5.41, 5.74) is 3.61. The zero-order valence-electron chi connectivity index (χ0n) is 9.55. The Morgan fingerprint density at radius 2 is 1.93 bits per heavy atom. The molecule has 0 amide bonds. The largest absolute Gasteiger partial charge is 0.342 e. The predicted molar refractivity (Wildman–Crippen MR) is 61.6 cm³/mol. The maximum Gasteiger partial charge on any atom is 0.104 e. The first-order valence-electron chi connectivity index (χ1n) is 5.08. The number of hydrogen-bond acceptors (Lipinski definition) is 2. The van der Waals surface area contributed by atoms with Crippen molar-refractivity contribution in [3.05, 3.63) is 29.1 Å². The monoisotopic (exact) mass is 201 g/mol. The maximum atomic E-state index is 8.74. The first-order chi connectivity index (χ1) is 7.20. The molecule has 0 bridgehead atoms. The van der Waals surface area contributed by atoms with E-state index in [2.05, 4.69) is 16.0 Å². The summed E-state index contributed by atoms with van der Waals surface area (Å²) in [5, 5.41) is 8.74. The minimum Gasteiger partial charge on any atom is -0.342 e. The molecule has 0 spiro atoms. The smallest absolute Gasteiger partial charge is 0.104 e. The van der Waals surface area contributed by atoms with Gasteiger partial charge in [-0.15, -0.1) is 0 Å². The molecule has 0 radical (unpaired) electrons. The molecule has 78 valence electrons. The van der Waals surface area contributed by atoms with Crippen molar-refractivity contribution in [2.75, 3.05) is 0 Å². The van der Waals surface area contributed by atoms with Crippen LogP contribution in [0.25, 0.3) is 11.0 Å². The second-order valence-corrected chi connectivity index (χ2v) is 3.12. The lowest BCUT2D eigenvalue weighted by molar-refractivity contribution is 1.17. The van der Waals surface area contributed by atoms with Gasteiger partial charge in [0.25, 0.3) is 0 Å². The van der Waals surface area contributed by atoms with Crippen molar-refractivity contribution < 1.29 is 0 Å². The van der Waals surface area contributed by atoms with Crippen LogP contribution in [0.4, 0.5) is 0 Å². The van der Waals surface area contributed by atoms with Crippen molar-refractivity contribution >= 4 is 11.0 Å². The Morgan fingerprint density at radius 3 is 2.53 bits per heavy atom. The van der Waals surface area contributed by atoms with Gasteiger partial charge in [0, 0.05) is 0 Å². The molecular weight excluding hydrogens is 186 g/mol. The molecule has 0 atom stereocenters. The minimum absolute atomic E-state index is 0.675. The van der Waals surface area contributed by atoms with Gasteiger partial charge in [0.2, 0.25) is 0 Å². The summed E-state index contributed by atoms with van der Waals surface area (Å²) in [6.45, 7) is 7.87. The van der Waals surface area contributed by atoms with Crippen LogP contribution in [-0.2, 0) is 0 Å². The van der Waals surface area contributed by atoms with Crippen LogP contribution in [0.3, 0.4) is 0 Å². The van der Waals surface area contributed by atoms with Gasteiger partial charge in [0.15, 0.2) is 0 Å². The predicted octanol–water partition coefficient (Wildman–Crippen LogP) is 3.08. The molecule has 0 unspecified atom stereocenters. The number of fused-ring (bicyclic) bond motifs is 1. The van der Waals surface area contributed by atoms with E-state index in [4.69, 9.17) is 5.26 Å². The van der Waals surface area contributed by atoms with Gasteiger partial charge in [0.05, 0.1) is 22.7 Å². The van der Waals surface area contributed by atoms with Crippen molar-refractivity contribution in [3.63, 3.8) is 0 Å². The van der Waals surface area contributed by atoms with Gasteiger partial charge in [-0.3, -0.25) is 0 Å². The summed E-state index contributed by atoms with van der Waals surface area (Å²) in [6, 6.07) is 5.79. The third-order valence-corrected chi connectivity index (χ3v) is 2.02. The number of benzene rings is 1. The number of hydrogen-bond donors (Lipinski definition) is 1. The Labute approximate surface area is 89.8 Å². The van der Waals surface area contributed by atoms with Crippen LogP contribution in [0.2, 0.25) is 0 Å². The molecule has 1 heterocycles. The number of nitriles is 1. The van der Waals surface area contributed by atoms with Gasteiger partial charge >= 0.3 is 0 Å². The zero-order chi connectivity index (χ0) is 11.4. The summed E-state index contributed by atoms with van der Waals surface area (Å²) in [4.78, 5) is 7.43.